The van der Waals surface area contributed by atoms with Gasteiger partial charge in [0.2, 0.25) is 11.6 Å². The maximum atomic E-state index is 13.3. The minimum Gasteiger partial charge on any atom is -0.504 e. The molecule has 2 aromatic heterocycles. The van der Waals surface area contributed by atoms with Crippen LogP contribution in [-0.4, -0.2) is 69.2 Å². The molecule has 44 heavy (non-hydrogen) atoms. The predicted octanol–water partition coefficient (Wildman–Crippen LogP) is 3.92. The molecule has 0 bridgehead atoms. The number of halogens is 6. The van der Waals surface area contributed by atoms with Crippen LogP contribution in [0.4, 0.5) is 32.2 Å². The molecule has 0 aliphatic heterocycles. The molecule has 0 atom stereocenters. The topological polar surface area (TPSA) is 177 Å². The van der Waals surface area contributed by atoms with Crippen LogP contribution in [0.5, 0.6) is 23.1 Å². The smallest absolute Gasteiger partial charge is 0.430 e. The van der Waals surface area contributed by atoms with Crippen LogP contribution in [0.15, 0.2) is 71.9 Å². The average molecular weight is 648 g/mol. The summed E-state index contributed by atoms with van der Waals surface area (Å²) >= 11 is 0. The van der Waals surface area contributed by atoms with Crippen molar-refractivity contribution in [1.29, 1.82) is 0 Å². The Kier molecular flexibility index (Phi) is 8.84. The van der Waals surface area contributed by atoms with E-state index in [1.807, 2.05) is 4.72 Å². The largest absolute Gasteiger partial charge is 0.504 e. The predicted molar refractivity (Wildman–Crippen MR) is 137 cm³/mol. The third kappa shape index (κ3) is 6.43. The van der Waals surface area contributed by atoms with E-state index in [1.165, 1.54) is 42.7 Å². The fourth-order valence-corrected chi connectivity index (χ4v) is 4.55. The molecule has 234 valence electrons. The Bertz CT molecular complexity index is 1710. The highest BCUT2D eigenvalue weighted by Gasteiger charge is 2.71. The van der Waals surface area contributed by atoms with Gasteiger partial charge in [0.1, 0.15) is 6.61 Å². The number of phenols is 1. The van der Waals surface area contributed by atoms with E-state index in [4.69, 9.17) is 9.47 Å². The van der Waals surface area contributed by atoms with E-state index in [0.717, 1.165) is 0 Å². The number of nitrogens with zero attached hydrogens (tertiary/aromatic N) is 4. The number of aromatic hydroxyl groups is 1. The highest BCUT2D eigenvalue weighted by molar-refractivity contribution is 7.92. The first-order valence-electron chi connectivity index (χ1n) is 12.0. The van der Waals surface area contributed by atoms with Gasteiger partial charge in [0, 0.05) is 18.0 Å². The van der Waals surface area contributed by atoms with Crippen LogP contribution in [0.25, 0.3) is 11.6 Å². The fourth-order valence-electron chi connectivity index (χ4n) is 3.55. The van der Waals surface area contributed by atoms with E-state index >= 15 is 0 Å². The number of para-hydroxylation sites is 2. The molecule has 0 amide bonds. The SMILES string of the molecule is O=S(=O)(Nc1nc(-c2ncccn2)nc(OCCO)c1Oc1ccccc1O)c1ccc(C(O)(C(F)(F)F)C(F)(F)F)cc1. The van der Waals surface area contributed by atoms with Gasteiger partial charge in [0.15, 0.2) is 23.1 Å². The zero-order valence-corrected chi connectivity index (χ0v) is 22.5. The molecule has 4 N–H and O–H groups in total. The maximum Gasteiger partial charge on any atom is 0.430 e. The van der Waals surface area contributed by atoms with Gasteiger partial charge in [-0.25, -0.2) is 23.4 Å². The molecule has 0 unspecified atom stereocenters. The first-order valence-corrected chi connectivity index (χ1v) is 13.4. The van der Waals surface area contributed by atoms with Crippen molar-refractivity contribution in [1.82, 2.24) is 19.9 Å². The lowest BCUT2D eigenvalue weighted by molar-refractivity contribution is -0.376. The first kappa shape index (κ1) is 32.2. The number of aromatic nitrogens is 4. The number of alkyl halides is 6. The van der Waals surface area contributed by atoms with Crippen LogP contribution in [-0.2, 0) is 15.6 Å². The Labute approximate surface area is 243 Å². The van der Waals surface area contributed by atoms with Crippen LogP contribution < -0.4 is 14.2 Å². The van der Waals surface area contributed by atoms with Crippen molar-refractivity contribution < 1.29 is 59.6 Å². The molecule has 4 aromatic rings. The minimum absolute atomic E-state index is 0.140. The Balaban J connectivity index is 1.83. The van der Waals surface area contributed by atoms with Gasteiger partial charge in [-0.3, -0.25) is 4.72 Å². The standard InChI is InChI=1S/C25H19F6N5O7S/c26-24(27,28)23(39,25(29,30)31)14-6-8-15(9-7-14)44(40,41)36-19-18(43-17-5-2-1-4-16(17)38)22(42-13-12-37)35-21(34-19)20-32-10-3-11-33-20/h1-11,37-39H,12-13H2,(H,34,35,36). The Morgan fingerprint density at radius 2 is 1.45 bits per heavy atom. The molecule has 0 radical (unpaired) electrons. The number of nitrogens with one attached hydrogen (secondary N) is 1. The van der Waals surface area contributed by atoms with E-state index in [-0.39, 0.29) is 29.5 Å². The molecule has 2 aromatic carbocycles. The quantitative estimate of drug-likeness (QED) is 0.184. The highest BCUT2D eigenvalue weighted by atomic mass is 32.2. The summed E-state index contributed by atoms with van der Waals surface area (Å²) in [4.78, 5) is 15.2. The highest BCUT2D eigenvalue weighted by Crippen LogP contribution is 2.50. The number of ether oxygens (including phenoxy) is 2. The summed E-state index contributed by atoms with van der Waals surface area (Å²) in [5.41, 5.74) is -6.98. The van der Waals surface area contributed by atoms with E-state index in [1.54, 1.807) is 0 Å². The van der Waals surface area contributed by atoms with Crippen LogP contribution in [0.2, 0.25) is 0 Å². The first-order chi connectivity index (χ1) is 20.6. The normalized spacial score (nSPS) is 12.5. The average Bonchev–Trinajstić information content (AvgIpc) is 2.97. The molecule has 0 spiro atoms. The fraction of sp³-hybridized carbons (Fsp3) is 0.200. The van der Waals surface area contributed by atoms with Crippen molar-refractivity contribution in [3.63, 3.8) is 0 Å². The van der Waals surface area contributed by atoms with Crippen molar-refractivity contribution in [2.75, 3.05) is 17.9 Å². The van der Waals surface area contributed by atoms with Gasteiger partial charge in [-0.15, -0.1) is 0 Å². The summed E-state index contributed by atoms with van der Waals surface area (Å²) in [6, 6.07) is 7.94. The summed E-state index contributed by atoms with van der Waals surface area (Å²) < 4.78 is 119. The Morgan fingerprint density at radius 3 is 2.02 bits per heavy atom. The maximum absolute atomic E-state index is 13.3. The van der Waals surface area contributed by atoms with Gasteiger partial charge in [0.25, 0.3) is 21.5 Å². The molecule has 19 heteroatoms. The third-order valence-corrected chi connectivity index (χ3v) is 7.00. The lowest BCUT2D eigenvalue weighted by Crippen LogP contribution is -2.53. The number of anilines is 1. The van der Waals surface area contributed by atoms with Gasteiger partial charge >= 0.3 is 12.4 Å². The molecule has 0 aliphatic rings. The zero-order valence-electron chi connectivity index (χ0n) is 21.7. The van der Waals surface area contributed by atoms with Crippen molar-refractivity contribution in [3.8, 4) is 34.8 Å². The number of hydrogen-bond acceptors (Lipinski definition) is 11. The lowest BCUT2D eigenvalue weighted by Gasteiger charge is -2.32. The zero-order chi connectivity index (χ0) is 32.3. The van der Waals surface area contributed by atoms with Crippen molar-refractivity contribution in [2.24, 2.45) is 0 Å². The molecule has 0 saturated heterocycles. The second-order valence-corrected chi connectivity index (χ2v) is 10.3. The van der Waals surface area contributed by atoms with Gasteiger partial charge in [-0.1, -0.05) is 24.3 Å². The van der Waals surface area contributed by atoms with E-state index < -0.39 is 74.8 Å². The van der Waals surface area contributed by atoms with Crippen molar-refractivity contribution in [3.05, 3.63) is 72.6 Å². The van der Waals surface area contributed by atoms with Gasteiger partial charge < -0.3 is 24.8 Å². The molecule has 0 aliphatic carbocycles. The van der Waals surface area contributed by atoms with Crippen molar-refractivity contribution >= 4 is 15.8 Å². The van der Waals surface area contributed by atoms with Crippen LogP contribution in [0.1, 0.15) is 5.56 Å². The number of benzene rings is 2. The van der Waals surface area contributed by atoms with E-state index in [0.29, 0.717) is 12.1 Å². The number of sulfonamides is 1. The summed E-state index contributed by atoms with van der Waals surface area (Å²) in [5.74, 6) is -2.86. The van der Waals surface area contributed by atoms with E-state index in [2.05, 4.69) is 19.9 Å². The molecule has 2 heterocycles. The van der Waals surface area contributed by atoms with Gasteiger partial charge in [-0.2, -0.15) is 31.3 Å². The Hall–Kier alpha value is -4.75. The monoisotopic (exact) mass is 647 g/mol. The lowest BCUT2D eigenvalue weighted by atomic mass is 9.92. The van der Waals surface area contributed by atoms with Gasteiger partial charge in [-0.05, 0) is 30.3 Å². The van der Waals surface area contributed by atoms with Gasteiger partial charge in [0.05, 0.1) is 11.5 Å². The Morgan fingerprint density at radius 1 is 0.841 bits per heavy atom. The molecule has 0 fully saturated rings. The number of hydrogen-bond donors (Lipinski definition) is 4. The summed E-state index contributed by atoms with van der Waals surface area (Å²) in [7, 11) is -4.88. The van der Waals surface area contributed by atoms with Crippen LogP contribution >= 0.6 is 0 Å². The summed E-state index contributed by atoms with van der Waals surface area (Å²) in [6.45, 7) is -0.926. The number of rotatable bonds is 10. The van der Waals surface area contributed by atoms with Crippen LogP contribution in [0, 0.1) is 0 Å². The molecule has 12 nitrogen and oxygen atoms in total. The molecular formula is C25H19F6N5O7S. The number of phenolic OH excluding ortho intramolecular Hbond substituents is 1. The summed E-state index contributed by atoms with van der Waals surface area (Å²) in [5, 5.41) is 29.1. The van der Waals surface area contributed by atoms with Crippen molar-refractivity contribution in [2.45, 2.75) is 22.8 Å². The molecule has 4 rings (SSSR count). The minimum atomic E-state index is -6.19. The van der Waals surface area contributed by atoms with Crippen LogP contribution in [0.3, 0.4) is 0 Å². The number of aliphatic hydroxyl groups is 2. The second kappa shape index (κ2) is 12.1. The molecule has 0 saturated carbocycles. The number of aliphatic hydroxyl groups excluding tert-OH is 1. The van der Waals surface area contributed by atoms with E-state index in [9.17, 15) is 50.1 Å². The summed E-state index contributed by atoms with van der Waals surface area (Å²) in [6.07, 6.45) is -9.77. The third-order valence-electron chi connectivity index (χ3n) is 5.64. The molecular weight excluding hydrogens is 628 g/mol. The second-order valence-electron chi connectivity index (χ2n) is 8.58.